The third kappa shape index (κ3) is 7.20. The van der Waals surface area contributed by atoms with Crippen molar-refractivity contribution >= 4 is 0 Å². The maximum atomic E-state index is 9.99. The van der Waals surface area contributed by atoms with E-state index in [-0.39, 0.29) is 17.6 Å². The fourth-order valence-corrected chi connectivity index (χ4v) is 7.12. The zero-order valence-corrected chi connectivity index (χ0v) is 24.7. The van der Waals surface area contributed by atoms with Crippen molar-refractivity contribution in [1.29, 1.82) is 0 Å². The largest absolute Gasteiger partial charge is 0.478 e. The van der Waals surface area contributed by atoms with Crippen LogP contribution in [-0.4, -0.2) is 58.8 Å². The van der Waals surface area contributed by atoms with Crippen LogP contribution in [0.4, 0.5) is 0 Å². The lowest BCUT2D eigenvalue weighted by Crippen LogP contribution is -2.37. The first-order valence-electron chi connectivity index (χ1n) is 15.8. The molecule has 2 heterocycles. The van der Waals surface area contributed by atoms with Gasteiger partial charge in [0, 0.05) is 42.7 Å². The average molecular weight is 551 g/mol. The van der Waals surface area contributed by atoms with Crippen LogP contribution in [0.15, 0.2) is 36.4 Å². The van der Waals surface area contributed by atoms with Gasteiger partial charge >= 0.3 is 0 Å². The van der Waals surface area contributed by atoms with Crippen molar-refractivity contribution in [1.82, 2.24) is 9.80 Å². The molecule has 40 heavy (non-hydrogen) atoms. The van der Waals surface area contributed by atoms with Gasteiger partial charge in [-0.25, -0.2) is 0 Å². The molecule has 2 N–H and O–H groups in total. The molecule has 2 aliphatic heterocycles. The summed E-state index contributed by atoms with van der Waals surface area (Å²) in [7, 11) is 0. The number of aliphatic hydroxyl groups is 2. The number of hydrogen-bond acceptors (Lipinski definition) is 6. The standard InChI is InChI=1S/C34H50N2O4/c1-26(37)20-35-22-28-18-30(12-14-32(28)39-24-35)34(16-10-8-6-4-3-5-7-9-11-17-34)31-13-15-33-29(19-31)23-36(25-40-33)21-27(2)38/h12-15,18-19,26-27,37-38H,3-11,16-17,20-25H2,1-2H3. The molecule has 220 valence electrons. The Morgan fingerprint density at radius 3 is 1.45 bits per heavy atom. The van der Waals surface area contributed by atoms with E-state index in [0.717, 1.165) is 37.4 Å². The Morgan fingerprint density at radius 1 is 0.650 bits per heavy atom. The fraction of sp³-hybridized carbons (Fsp3) is 0.647. The van der Waals surface area contributed by atoms with Gasteiger partial charge < -0.3 is 19.7 Å². The number of aliphatic hydroxyl groups excluding tert-OH is 2. The Labute approximate surface area is 241 Å². The minimum atomic E-state index is -0.378. The van der Waals surface area contributed by atoms with Crippen LogP contribution in [0, 0.1) is 0 Å². The van der Waals surface area contributed by atoms with Crippen LogP contribution in [0.3, 0.4) is 0 Å². The highest BCUT2D eigenvalue weighted by Crippen LogP contribution is 2.45. The minimum Gasteiger partial charge on any atom is -0.478 e. The van der Waals surface area contributed by atoms with Gasteiger partial charge in [-0.1, -0.05) is 69.9 Å². The van der Waals surface area contributed by atoms with Crippen molar-refractivity contribution in [3.63, 3.8) is 0 Å². The van der Waals surface area contributed by atoms with E-state index in [1.54, 1.807) is 0 Å². The van der Waals surface area contributed by atoms with E-state index in [1.807, 2.05) is 13.8 Å². The number of rotatable bonds is 6. The average Bonchev–Trinajstić information content (AvgIpc) is 2.92. The smallest absolute Gasteiger partial charge is 0.142 e. The molecule has 1 fully saturated rings. The molecule has 0 aromatic heterocycles. The van der Waals surface area contributed by atoms with Gasteiger partial charge in [0.2, 0.25) is 0 Å². The third-order valence-electron chi connectivity index (χ3n) is 9.07. The molecule has 3 aliphatic rings. The monoisotopic (exact) mass is 550 g/mol. The molecular formula is C34H50N2O4. The Bertz CT molecular complexity index is 1020. The van der Waals surface area contributed by atoms with Crippen LogP contribution in [-0.2, 0) is 18.5 Å². The summed E-state index contributed by atoms with van der Waals surface area (Å²) >= 11 is 0. The van der Waals surface area contributed by atoms with Crippen LogP contribution >= 0.6 is 0 Å². The summed E-state index contributed by atoms with van der Waals surface area (Å²) in [5.41, 5.74) is 5.16. The maximum absolute atomic E-state index is 9.99. The highest BCUT2D eigenvalue weighted by atomic mass is 16.5. The summed E-state index contributed by atoms with van der Waals surface area (Å²) in [6.45, 7) is 7.56. The predicted molar refractivity (Wildman–Crippen MR) is 160 cm³/mol. The molecule has 2 atom stereocenters. The molecule has 5 rings (SSSR count). The van der Waals surface area contributed by atoms with E-state index < -0.39 is 0 Å². The van der Waals surface area contributed by atoms with Crippen molar-refractivity contribution in [3.8, 4) is 11.5 Å². The zero-order valence-electron chi connectivity index (χ0n) is 24.7. The molecule has 0 radical (unpaired) electrons. The molecule has 0 spiro atoms. The van der Waals surface area contributed by atoms with Gasteiger partial charge in [0.1, 0.15) is 25.0 Å². The van der Waals surface area contributed by atoms with Gasteiger partial charge in [0.15, 0.2) is 0 Å². The van der Waals surface area contributed by atoms with Crippen LogP contribution in [0.25, 0.3) is 0 Å². The van der Waals surface area contributed by atoms with E-state index in [4.69, 9.17) is 9.47 Å². The summed E-state index contributed by atoms with van der Waals surface area (Å²) in [4.78, 5) is 4.38. The Balaban J connectivity index is 1.52. The Kier molecular flexibility index (Phi) is 10.1. The van der Waals surface area contributed by atoms with Crippen LogP contribution in [0.2, 0.25) is 0 Å². The first-order chi connectivity index (χ1) is 19.4. The summed E-state index contributed by atoms with van der Waals surface area (Å²) in [6.07, 6.45) is 13.3. The van der Waals surface area contributed by atoms with Crippen molar-refractivity contribution in [3.05, 3.63) is 58.7 Å². The molecule has 0 saturated heterocycles. The molecule has 1 saturated carbocycles. The number of β-amino-alcohol motifs (C(OH)–C–C–N with tert-alkyl or cyclic N) is 2. The highest BCUT2D eigenvalue weighted by Gasteiger charge is 2.36. The second-order valence-corrected chi connectivity index (χ2v) is 12.7. The predicted octanol–water partition coefficient (Wildman–Crippen LogP) is 6.34. The van der Waals surface area contributed by atoms with E-state index in [1.165, 1.54) is 80.0 Å². The molecule has 6 nitrogen and oxygen atoms in total. The second kappa shape index (κ2) is 13.7. The van der Waals surface area contributed by atoms with E-state index in [9.17, 15) is 10.2 Å². The molecule has 2 aromatic rings. The summed E-state index contributed by atoms with van der Waals surface area (Å²) < 4.78 is 12.2. The van der Waals surface area contributed by atoms with Gasteiger partial charge in [-0.3, -0.25) is 9.80 Å². The number of nitrogens with zero attached hydrogens (tertiary/aromatic N) is 2. The van der Waals surface area contributed by atoms with Gasteiger partial charge in [-0.15, -0.1) is 0 Å². The summed E-state index contributed by atoms with van der Waals surface area (Å²) in [5, 5.41) is 20.0. The quantitative estimate of drug-likeness (QED) is 0.437. The lowest BCUT2D eigenvalue weighted by Gasteiger charge is -2.39. The first-order valence-corrected chi connectivity index (χ1v) is 15.8. The second-order valence-electron chi connectivity index (χ2n) is 12.7. The molecule has 0 bridgehead atoms. The Morgan fingerprint density at radius 2 is 1.05 bits per heavy atom. The van der Waals surface area contributed by atoms with Gasteiger partial charge in [0.25, 0.3) is 0 Å². The van der Waals surface area contributed by atoms with E-state index in [2.05, 4.69) is 46.2 Å². The minimum absolute atomic E-state index is 0.0671. The van der Waals surface area contributed by atoms with E-state index >= 15 is 0 Å². The van der Waals surface area contributed by atoms with Crippen molar-refractivity contribution in [2.45, 2.75) is 115 Å². The zero-order chi connectivity index (χ0) is 28.0. The lowest BCUT2D eigenvalue weighted by atomic mass is 9.67. The van der Waals surface area contributed by atoms with Crippen molar-refractivity contribution < 1.29 is 19.7 Å². The molecule has 6 heteroatoms. The van der Waals surface area contributed by atoms with Crippen LogP contribution in [0.5, 0.6) is 11.5 Å². The van der Waals surface area contributed by atoms with Crippen molar-refractivity contribution in [2.24, 2.45) is 0 Å². The molecular weight excluding hydrogens is 500 g/mol. The van der Waals surface area contributed by atoms with Gasteiger partial charge in [0.05, 0.1) is 12.2 Å². The topological polar surface area (TPSA) is 65.4 Å². The fourth-order valence-electron chi connectivity index (χ4n) is 7.12. The van der Waals surface area contributed by atoms with Crippen molar-refractivity contribution in [2.75, 3.05) is 26.6 Å². The number of benzene rings is 2. The SMILES string of the molecule is CC(O)CN1COc2ccc(C3(c4ccc5c(c4)CN(CC(C)O)CO5)CCCCCCCCCCC3)cc2C1. The van der Waals surface area contributed by atoms with Crippen LogP contribution in [0.1, 0.15) is 107 Å². The number of hydrogen-bond donors (Lipinski definition) is 2. The highest BCUT2D eigenvalue weighted by molar-refractivity contribution is 5.49. The normalized spacial score (nSPS) is 22.4. The van der Waals surface area contributed by atoms with Crippen LogP contribution < -0.4 is 9.47 Å². The summed E-state index contributed by atoms with van der Waals surface area (Å²) in [5.74, 6) is 1.95. The molecule has 2 aromatic carbocycles. The van der Waals surface area contributed by atoms with E-state index in [0.29, 0.717) is 26.6 Å². The maximum Gasteiger partial charge on any atom is 0.142 e. The van der Waals surface area contributed by atoms with Gasteiger partial charge in [-0.2, -0.15) is 0 Å². The number of fused-ring (bicyclic) bond motifs is 2. The third-order valence-corrected chi connectivity index (χ3v) is 9.07. The Hall–Kier alpha value is -2.12. The van der Waals surface area contributed by atoms with Gasteiger partial charge in [-0.05, 0) is 62.1 Å². The number of ether oxygens (including phenoxy) is 2. The molecule has 2 unspecified atom stereocenters. The summed E-state index contributed by atoms with van der Waals surface area (Å²) in [6, 6.07) is 13.8. The lowest BCUT2D eigenvalue weighted by molar-refractivity contribution is 0.0499. The molecule has 0 amide bonds. The first kappa shape index (κ1) is 29.4. The molecule has 1 aliphatic carbocycles.